The molecule has 0 aliphatic heterocycles. The summed E-state index contributed by atoms with van der Waals surface area (Å²) in [4.78, 5) is 27.5. The number of hydrogen-bond acceptors (Lipinski definition) is 7. The topological polar surface area (TPSA) is 94.4 Å². The Hall–Kier alpha value is -2.65. The molecule has 0 spiro atoms. The molecule has 0 saturated heterocycles. The lowest BCUT2D eigenvalue weighted by atomic mass is 10.2. The summed E-state index contributed by atoms with van der Waals surface area (Å²) in [6, 6.07) is 11.8. The van der Waals surface area contributed by atoms with Crippen molar-refractivity contribution in [3.63, 3.8) is 0 Å². The van der Waals surface area contributed by atoms with Crippen LogP contribution < -0.4 is 10.1 Å². The van der Waals surface area contributed by atoms with Gasteiger partial charge in [-0.2, -0.15) is 0 Å². The van der Waals surface area contributed by atoms with E-state index in [0.29, 0.717) is 6.61 Å². The number of nitrogens with one attached hydrogen (secondary N) is 1. The van der Waals surface area contributed by atoms with Gasteiger partial charge in [-0.1, -0.05) is 23.9 Å². The van der Waals surface area contributed by atoms with Gasteiger partial charge in [0, 0.05) is 6.07 Å². The molecule has 27 heavy (non-hydrogen) atoms. The number of hydrogen-bond donors (Lipinski definition) is 1. The number of aromatic nitrogens is 1. The second-order valence-corrected chi connectivity index (χ2v) is 8.18. The van der Waals surface area contributed by atoms with Crippen LogP contribution in [0.15, 0.2) is 46.8 Å². The fourth-order valence-corrected chi connectivity index (χ4v) is 4.61. The summed E-state index contributed by atoms with van der Waals surface area (Å²) >= 11 is 2.80. The number of ether oxygens (including phenoxy) is 1. The molecular weight excluding hydrogens is 386 g/mol. The van der Waals surface area contributed by atoms with E-state index < -0.39 is 10.2 Å². The summed E-state index contributed by atoms with van der Waals surface area (Å²) in [5.74, 6) is 0.468. The van der Waals surface area contributed by atoms with E-state index in [0.717, 1.165) is 20.3 Å². The minimum atomic E-state index is -0.517. The van der Waals surface area contributed by atoms with Gasteiger partial charge in [0.15, 0.2) is 4.34 Å². The number of benzene rings is 2. The molecule has 0 aliphatic carbocycles. The summed E-state index contributed by atoms with van der Waals surface area (Å²) in [7, 11) is 0. The molecule has 0 saturated carbocycles. The SMILES string of the molecule is CCOc1ccc2nc(SC(C)C(=O)Nc3ccccc3[N+](=O)[O-])sc2c1. The summed E-state index contributed by atoms with van der Waals surface area (Å²) < 4.78 is 7.23. The molecule has 9 heteroatoms. The van der Waals surface area contributed by atoms with Crippen LogP contribution in [-0.2, 0) is 4.79 Å². The predicted octanol–water partition coefficient (Wildman–Crippen LogP) is 4.72. The third-order valence-corrected chi connectivity index (χ3v) is 5.87. The van der Waals surface area contributed by atoms with Crippen molar-refractivity contribution in [2.24, 2.45) is 0 Å². The fraction of sp³-hybridized carbons (Fsp3) is 0.222. The zero-order valence-electron chi connectivity index (χ0n) is 14.7. The van der Waals surface area contributed by atoms with Crippen molar-refractivity contribution in [1.82, 2.24) is 4.98 Å². The van der Waals surface area contributed by atoms with Gasteiger partial charge in [-0.15, -0.1) is 11.3 Å². The molecule has 7 nitrogen and oxygen atoms in total. The molecule has 0 fully saturated rings. The number of nitro groups is 1. The first kappa shape index (κ1) is 19.1. The van der Waals surface area contributed by atoms with Crippen molar-refractivity contribution >= 4 is 50.6 Å². The molecule has 0 bridgehead atoms. The molecule has 3 aromatic rings. The Labute approximate surface area is 163 Å². The molecule has 1 aromatic heterocycles. The average Bonchev–Trinajstić information content (AvgIpc) is 3.03. The Morgan fingerprint density at radius 3 is 2.89 bits per heavy atom. The van der Waals surface area contributed by atoms with Crippen molar-refractivity contribution < 1.29 is 14.5 Å². The highest BCUT2D eigenvalue weighted by atomic mass is 32.2. The Bertz CT molecular complexity index is 990. The van der Waals surface area contributed by atoms with Crippen molar-refractivity contribution in [2.75, 3.05) is 11.9 Å². The molecule has 0 radical (unpaired) electrons. The highest BCUT2D eigenvalue weighted by molar-refractivity contribution is 8.02. The van der Waals surface area contributed by atoms with E-state index in [9.17, 15) is 14.9 Å². The quantitative estimate of drug-likeness (QED) is 0.348. The second kappa shape index (κ2) is 8.36. The van der Waals surface area contributed by atoms with Crippen molar-refractivity contribution in [2.45, 2.75) is 23.4 Å². The minimum Gasteiger partial charge on any atom is -0.494 e. The zero-order valence-corrected chi connectivity index (χ0v) is 16.3. The minimum absolute atomic E-state index is 0.133. The number of carbonyl (C=O) groups excluding carboxylic acids is 1. The summed E-state index contributed by atoms with van der Waals surface area (Å²) in [5, 5.41) is 13.2. The van der Waals surface area contributed by atoms with Crippen LogP contribution in [0.4, 0.5) is 11.4 Å². The smallest absolute Gasteiger partial charge is 0.292 e. The van der Waals surface area contributed by atoms with Crippen LogP contribution in [0.3, 0.4) is 0 Å². The van der Waals surface area contributed by atoms with Gasteiger partial charge in [-0.05, 0) is 38.1 Å². The normalized spacial score (nSPS) is 11.9. The highest BCUT2D eigenvalue weighted by Gasteiger charge is 2.21. The first-order chi connectivity index (χ1) is 13.0. The molecule has 2 aromatic carbocycles. The molecule has 1 unspecified atom stereocenters. The van der Waals surface area contributed by atoms with E-state index in [1.54, 1.807) is 19.1 Å². The van der Waals surface area contributed by atoms with Crippen LogP contribution in [0.2, 0.25) is 0 Å². The van der Waals surface area contributed by atoms with Crippen LogP contribution in [0.25, 0.3) is 10.2 Å². The highest BCUT2D eigenvalue weighted by Crippen LogP contribution is 2.34. The Morgan fingerprint density at radius 2 is 2.15 bits per heavy atom. The van der Waals surface area contributed by atoms with Gasteiger partial charge >= 0.3 is 0 Å². The van der Waals surface area contributed by atoms with Gasteiger partial charge in [-0.25, -0.2) is 4.98 Å². The lowest BCUT2D eigenvalue weighted by Crippen LogP contribution is -2.22. The molecule has 1 heterocycles. The monoisotopic (exact) mass is 403 g/mol. The predicted molar refractivity (Wildman–Crippen MR) is 108 cm³/mol. The van der Waals surface area contributed by atoms with E-state index in [4.69, 9.17) is 4.74 Å². The van der Waals surface area contributed by atoms with Crippen LogP contribution >= 0.6 is 23.1 Å². The molecule has 3 rings (SSSR count). The number of nitrogens with zero attached hydrogens (tertiary/aromatic N) is 2. The molecule has 1 N–H and O–H groups in total. The molecular formula is C18H17N3O4S2. The van der Waals surface area contributed by atoms with Crippen molar-refractivity contribution in [1.29, 1.82) is 0 Å². The van der Waals surface area contributed by atoms with Crippen LogP contribution in [-0.4, -0.2) is 27.7 Å². The number of para-hydroxylation sites is 2. The average molecular weight is 403 g/mol. The number of nitro benzene ring substituents is 1. The Morgan fingerprint density at radius 1 is 1.37 bits per heavy atom. The number of thioether (sulfide) groups is 1. The number of amides is 1. The lowest BCUT2D eigenvalue weighted by molar-refractivity contribution is -0.383. The van der Waals surface area contributed by atoms with E-state index in [2.05, 4.69) is 10.3 Å². The fourth-order valence-electron chi connectivity index (χ4n) is 2.37. The van der Waals surface area contributed by atoms with Crippen molar-refractivity contribution in [3.8, 4) is 5.75 Å². The van der Waals surface area contributed by atoms with E-state index >= 15 is 0 Å². The van der Waals surface area contributed by atoms with E-state index in [-0.39, 0.29) is 17.3 Å². The number of thiazole rings is 1. The number of rotatable bonds is 7. The van der Waals surface area contributed by atoms with Gasteiger partial charge in [0.2, 0.25) is 5.91 Å². The number of fused-ring (bicyclic) bond motifs is 1. The van der Waals surface area contributed by atoms with Gasteiger partial charge in [0.05, 0.1) is 27.0 Å². The number of carbonyl (C=O) groups is 1. The molecule has 1 amide bonds. The first-order valence-electron chi connectivity index (χ1n) is 8.22. The Kier molecular flexibility index (Phi) is 5.92. The second-order valence-electron chi connectivity index (χ2n) is 5.57. The maximum Gasteiger partial charge on any atom is 0.292 e. The number of anilines is 1. The maximum absolute atomic E-state index is 12.4. The van der Waals surface area contributed by atoms with Crippen LogP contribution in [0.5, 0.6) is 5.75 Å². The third-order valence-electron chi connectivity index (χ3n) is 3.66. The summed E-state index contributed by atoms with van der Waals surface area (Å²) in [6.07, 6.45) is 0. The third kappa shape index (κ3) is 4.55. The Balaban J connectivity index is 1.71. The molecule has 1 atom stereocenters. The van der Waals surface area contributed by atoms with Crippen molar-refractivity contribution in [3.05, 3.63) is 52.6 Å². The summed E-state index contributed by atoms with van der Waals surface area (Å²) in [6.45, 7) is 4.26. The van der Waals surface area contributed by atoms with Gasteiger partial charge in [0.1, 0.15) is 11.4 Å². The summed E-state index contributed by atoms with van der Waals surface area (Å²) in [5.41, 5.74) is 0.898. The van der Waals surface area contributed by atoms with Gasteiger partial charge < -0.3 is 10.1 Å². The van der Waals surface area contributed by atoms with E-state index in [1.807, 2.05) is 25.1 Å². The van der Waals surface area contributed by atoms with Gasteiger partial charge in [-0.3, -0.25) is 14.9 Å². The van der Waals surface area contributed by atoms with E-state index in [1.165, 1.54) is 35.2 Å². The van der Waals surface area contributed by atoms with Crippen LogP contribution in [0, 0.1) is 10.1 Å². The molecule has 140 valence electrons. The largest absolute Gasteiger partial charge is 0.494 e. The standard InChI is InChI=1S/C18H17N3O4S2/c1-3-25-12-8-9-14-16(10-12)27-18(20-14)26-11(2)17(22)19-13-6-4-5-7-15(13)21(23)24/h4-11H,3H2,1-2H3,(H,19,22). The zero-order chi connectivity index (χ0) is 19.4. The first-order valence-corrected chi connectivity index (χ1v) is 9.92. The molecule has 0 aliphatic rings. The van der Waals surface area contributed by atoms with Gasteiger partial charge in [0.25, 0.3) is 5.69 Å². The van der Waals surface area contributed by atoms with Crippen LogP contribution in [0.1, 0.15) is 13.8 Å². The maximum atomic E-state index is 12.4. The lowest BCUT2D eigenvalue weighted by Gasteiger charge is -2.10.